The number of carbonyl (C=O) groups excluding carboxylic acids is 1. The number of esters is 1. The maximum atomic E-state index is 12.7. The maximum Gasteiger partial charge on any atom is 0.416 e. The van der Waals surface area contributed by atoms with Crippen molar-refractivity contribution in [2.45, 2.75) is 19.5 Å². The van der Waals surface area contributed by atoms with Gasteiger partial charge in [-0.3, -0.25) is 0 Å². The van der Waals surface area contributed by atoms with Gasteiger partial charge in [-0.25, -0.2) is 13.2 Å². The van der Waals surface area contributed by atoms with Gasteiger partial charge < -0.3 is 9.26 Å². The number of sulfonamides is 1. The number of nitrogens with zero attached hydrogens (tertiary/aromatic N) is 2. The molecule has 0 spiro atoms. The fourth-order valence-corrected chi connectivity index (χ4v) is 4.39. The molecule has 0 unspecified atom stereocenters. The molecule has 1 fully saturated rings. The molecule has 0 atom stereocenters. The van der Waals surface area contributed by atoms with Crippen LogP contribution in [0.25, 0.3) is 11.3 Å². The van der Waals surface area contributed by atoms with E-state index in [2.05, 4.69) is 5.16 Å². The molecule has 2 aromatic rings. The minimum absolute atomic E-state index is 0.0102. The average Bonchev–Trinajstić information content (AvgIpc) is 3.16. The Labute approximate surface area is 159 Å². The minimum atomic E-state index is -4.48. The summed E-state index contributed by atoms with van der Waals surface area (Å²) in [5.41, 5.74) is -0.514. The number of rotatable bonds is 5. The standard InChI is InChI=1S/C17H17F3N2O5S/c1-11-14(16(23)26-9-8-22-7-2-10-28(22,24)25)15(21-27-11)12-3-5-13(6-4-12)17(18,19)20/h3-6H,2,7-10H2,1H3. The molecule has 2 heterocycles. The van der Waals surface area contributed by atoms with E-state index in [0.29, 0.717) is 13.0 Å². The number of aryl methyl sites for hydroxylation is 1. The fraction of sp³-hybridized carbons (Fsp3) is 0.412. The molecule has 3 rings (SSSR count). The molecule has 28 heavy (non-hydrogen) atoms. The molecular weight excluding hydrogens is 401 g/mol. The second-order valence-electron chi connectivity index (χ2n) is 6.24. The first-order chi connectivity index (χ1) is 13.1. The number of ether oxygens (including phenoxy) is 1. The molecule has 1 aromatic carbocycles. The van der Waals surface area contributed by atoms with Crippen molar-refractivity contribution in [3.63, 3.8) is 0 Å². The molecule has 152 valence electrons. The molecule has 0 amide bonds. The molecule has 1 saturated heterocycles. The molecule has 1 aliphatic heterocycles. The zero-order valence-electron chi connectivity index (χ0n) is 14.8. The van der Waals surface area contributed by atoms with Crippen molar-refractivity contribution in [2.75, 3.05) is 25.4 Å². The van der Waals surface area contributed by atoms with Crippen molar-refractivity contribution in [2.24, 2.45) is 0 Å². The van der Waals surface area contributed by atoms with Crippen molar-refractivity contribution in [3.05, 3.63) is 41.2 Å². The van der Waals surface area contributed by atoms with Crippen LogP contribution < -0.4 is 0 Å². The lowest BCUT2D eigenvalue weighted by Crippen LogP contribution is -2.30. The number of aromatic nitrogens is 1. The van der Waals surface area contributed by atoms with Crippen LogP contribution in [-0.4, -0.2) is 49.3 Å². The molecule has 7 nitrogen and oxygen atoms in total. The van der Waals surface area contributed by atoms with Gasteiger partial charge in [-0.2, -0.15) is 17.5 Å². The van der Waals surface area contributed by atoms with E-state index in [1.54, 1.807) is 0 Å². The van der Waals surface area contributed by atoms with E-state index in [1.807, 2.05) is 0 Å². The summed E-state index contributed by atoms with van der Waals surface area (Å²) in [6.45, 7) is 1.73. The van der Waals surface area contributed by atoms with Gasteiger partial charge in [0.2, 0.25) is 10.0 Å². The summed E-state index contributed by atoms with van der Waals surface area (Å²) in [5, 5.41) is 3.74. The third kappa shape index (κ3) is 4.20. The lowest BCUT2D eigenvalue weighted by atomic mass is 10.0. The molecule has 0 bridgehead atoms. The van der Waals surface area contributed by atoms with Gasteiger partial charge in [0.05, 0.1) is 11.3 Å². The van der Waals surface area contributed by atoms with E-state index < -0.39 is 27.7 Å². The van der Waals surface area contributed by atoms with Gasteiger partial charge in [-0.1, -0.05) is 17.3 Å². The van der Waals surface area contributed by atoms with Gasteiger partial charge >= 0.3 is 12.1 Å². The van der Waals surface area contributed by atoms with Gasteiger partial charge in [0.1, 0.15) is 23.6 Å². The quantitative estimate of drug-likeness (QED) is 0.694. The van der Waals surface area contributed by atoms with Crippen LogP contribution >= 0.6 is 0 Å². The number of carbonyl (C=O) groups is 1. The van der Waals surface area contributed by atoms with E-state index in [-0.39, 0.29) is 41.5 Å². The number of hydrogen-bond acceptors (Lipinski definition) is 6. The highest BCUT2D eigenvalue weighted by atomic mass is 32.2. The highest BCUT2D eigenvalue weighted by Gasteiger charge is 2.31. The van der Waals surface area contributed by atoms with Crippen molar-refractivity contribution in [3.8, 4) is 11.3 Å². The number of hydrogen-bond donors (Lipinski definition) is 0. The Balaban J connectivity index is 1.72. The van der Waals surface area contributed by atoms with Gasteiger partial charge in [0.15, 0.2) is 0 Å². The van der Waals surface area contributed by atoms with E-state index in [9.17, 15) is 26.4 Å². The van der Waals surface area contributed by atoms with E-state index in [4.69, 9.17) is 9.26 Å². The normalized spacial score (nSPS) is 17.0. The van der Waals surface area contributed by atoms with Crippen molar-refractivity contribution < 1.29 is 35.6 Å². The average molecular weight is 418 g/mol. The Kier molecular flexibility index (Phi) is 5.48. The number of halogens is 3. The summed E-state index contributed by atoms with van der Waals surface area (Å²) >= 11 is 0. The summed E-state index contributed by atoms with van der Waals surface area (Å²) in [7, 11) is -3.30. The Morgan fingerprint density at radius 3 is 2.54 bits per heavy atom. The smallest absolute Gasteiger partial charge is 0.416 e. The second-order valence-corrected chi connectivity index (χ2v) is 8.33. The Morgan fingerprint density at radius 2 is 1.96 bits per heavy atom. The van der Waals surface area contributed by atoms with Crippen LogP contribution in [-0.2, 0) is 20.9 Å². The lowest BCUT2D eigenvalue weighted by Gasteiger charge is -2.14. The molecule has 0 radical (unpaired) electrons. The molecule has 1 aliphatic rings. The molecule has 0 N–H and O–H groups in total. The molecular formula is C17H17F3N2O5S. The summed E-state index contributed by atoms with van der Waals surface area (Å²) in [5.74, 6) is -0.567. The van der Waals surface area contributed by atoms with Crippen LogP contribution in [0.4, 0.5) is 13.2 Å². The third-order valence-corrected chi connectivity index (χ3v) is 6.29. The molecule has 0 aliphatic carbocycles. The van der Waals surface area contributed by atoms with E-state index in [0.717, 1.165) is 12.1 Å². The first-order valence-corrected chi connectivity index (χ1v) is 9.99. The van der Waals surface area contributed by atoms with E-state index >= 15 is 0 Å². The Hall–Kier alpha value is -2.40. The van der Waals surface area contributed by atoms with Crippen LogP contribution in [0, 0.1) is 6.92 Å². The molecule has 1 aromatic heterocycles. The summed E-state index contributed by atoms with van der Waals surface area (Å²) in [4.78, 5) is 12.4. The summed E-state index contributed by atoms with van der Waals surface area (Å²) in [6, 6.07) is 4.14. The molecule has 11 heteroatoms. The van der Waals surface area contributed by atoms with Gasteiger partial charge in [-0.05, 0) is 25.5 Å². The van der Waals surface area contributed by atoms with Crippen LogP contribution in [0.1, 0.15) is 28.1 Å². The van der Waals surface area contributed by atoms with Gasteiger partial charge in [0, 0.05) is 18.7 Å². The largest absolute Gasteiger partial charge is 0.461 e. The highest BCUT2D eigenvalue weighted by molar-refractivity contribution is 7.89. The highest BCUT2D eigenvalue weighted by Crippen LogP contribution is 2.32. The van der Waals surface area contributed by atoms with Crippen molar-refractivity contribution in [1.82, 2.24) is 9.46 Å². The zero-order chi connectivity index (χ0) is 20.5. The van der Waals surface area contributed by atoms with Gasteiger partial charge in [-0.15, -0.1) is 0 Å². The molecule has 0 saturated carbocycles. The minimum Gasteiger partial charge on any atom is -0.461 e. The maximum absolute atomic E-state index is 12.7. The van der Waals surface area contributed by atoms with Crippen LogP contribution in [0.15, 0.2) is 28.8 Å². The monoisotopic (exact) mass is 418 g/mol. The van der Waals surface area contributed by atoms with Crippen molar-refractivity contribution >= 4 is 16.0 Å². The fourth-order valence-electron chi connectivity index (χ4n) is 2.88. The summed E-state index contributed by atoms with van der Waals surface area (Å²) in [6.07, 6.45) is -3.95. The van der Waals surface area contributed by atoms with E-state index in [1.165, 1.54) is 23.4 Å². The predicted octanol–water partition coefficient (Wildman–Crippen LogP) is 2.86. The Morgan fingerprint density at radius 1 is 1.29 bits per heavy atom. The predicted molar refractivity (Wildman–Crippen MR) is 91.9 cm³/mol. The number of alkyl halides is 3. The topological polar surface area (TPSA) is 89.7 Å². The first kappa shape index (κ1) is 20.3. The SMILES string of the molecule is Cc1onc(-c2ccc(C(F)(F)F)cc2)c1C(=O)OCCN1CCCS1(=O)=O. The first-order valence-electron chi connectivity index (χ1n) is 8.38. The van der Waals surface area contributed by atoms with Crippen molar-refractivity contribution in [1.29, 1.82) is 0 Å². The zero-order valence-corrected chi connectivity index (χ0v) is 15.6. The lowest BCUT2D eigenvalue weighted by molar-refractivity contribution is -0.137. The third-order valence-electron chi connectivity index (χ3n) is 4.33. The summed E-state index contributed by atoms with van der Waals surface area (Å²) < 4.78 is 73.0. The van der Waals surface area contributed by atoms with Crippen LogP contribution in [0.3, 0.4) is 0 Å². The second kappa shape index (κ2) is 7.55. The number of benzene rings is 1. The van der Waals surface area contributed by atoms with Crippen LogP contribution in [0.2, 0.25) is 0 Å². The van der Waals surface area contributed by atoms with Crippen LogP contribution in [0.5, 0.6) is 0 Å². The Bertz CT molecular complexity index is 968. The van der Waals surface area contributed by atoms with Gasteiger partial charge in [0.25, 0.3) is 0 Å².